The monoisotopic (exact) mass is 212 g/mol. The van der Waals surface area contributed by atoms with Crippen molar-refractivity contribution in [1.29, 1.82) is 0 Å². The molecule has 0 aliphatic carbocycles. The van der Waals surface area contributed by atoms with Crippen LogP contribution in [-0.2, 0) is 9.68 Å². The molecule has 0 aliphatic rings. The first-order valence-corrected chi connectivity index (χ1v) is 3.61. The molecule has 0 fully saturated rings. The summed E-state index contributed by atoms with van der Waals surface area (Å²) in [4.78, 5) is 13.2. The molecule has 0 aliphatic heterocycles. The zero-order valence-electron chi connectivity index (χ0n) is 6.96. The molecule has 8 nitrogen and oxygen atoms in total. The zero-order valence-corrected chi connectivity index (χ0v) is 6.96. The molecule has 14 heavy (non-hydrogen) atoms. The van der Waals surface area contributed by atoms with Crippen molar-refractivity contribution in [2.45, 2.75) is 30.7 Å². The lowest BCUT2D eigenvalue weighted by Crippen LogP contribution is -2.49. The Balaban J connectivity index is 4.29. The second kappa shape index (κ2) is 5.98. The number of rotatable bonds is 6. The predicted octanol–water partition coefficient (Wildman–Crippen LogP) is -3.56. The van der Waals surface area contributed by atoms with Gasteiger partial charge in [-0.3, -0.25) is 0 Å². The van der Waals surface area contributed by atoms with Gasteiger partial charge in [-0.05, 0) is 0 Å². The van der Waals surface area contributed by atoms with E-state index in [4.69, 9.17) is 30.8 Å². The van der Waals surface area contributed by atoms with Gasteiger partial charge in [-0.15, -0.1) is 0 Å². The Labute approximate surface area is 78.5 Å². The maximum absolute atomic E-state index is 9.97. The van der Waals surface area contributed by atoms with Crippen LogP contribution in [-0.4, -0.2) is 67.8 Å². The van der Waals surface area contributed by atoms with E-state index >= 15 is 0 Å². The number of hydrogen-bond acceptors (Lipinski definition) is 8. The number of aliphatic hydroxyl groups excluding tert-OH is 5. The van der Waals surface area contributed by atoms with Crippen LogP contribution in [0.3, 0.4) is 0 Å². The first-order chi connectivity index (χ1) is 6.45. The molecule has 0 spiro atoms. The Bertz CT molecular complexity index is 173. The number of aldehydes is 1. The van der Waals surface area contributed by atoms with E-state index in [0.29, 0.717) is 0 Å². The van der Waals surface area contributed by atoms with Crippen molar-refractivity contribution in [3.05, 3.63) is 0 Å². The summed E-state index contributed by atoms with van der Waals surface area (Å²) in [6.45, 7) is 0. The maximum Gasteiger partial charge on any atom is 0.217 e. The molecule has 0 aromatic rings. The summed E-state index contributed by atoms with van der Waals surface area (Å²) in [7, 11) is 0. The Kier molecular flexibility index (Phi) is 5.72. The first-order valence-electron chi connectivity index (χ1n) is 3.61. The van der Waals surface area contributed by atoms with Gasteiger partial charge < -0.3 is 30.3 Å². The molecule has 84 valence electrons. The van der Waals surface area contributed by atoms with Crippen molar-refractivity contribution in [2.75, 3.05) is 0 Å². The molecule has 8 heteroatoms. The number of aliphatic hydroxyl groups is 5. The summed E-state index contributed by atoms with van der Waals surface area (Å²) in [5.41, 5.74) is 0. The molecule has 0 saturated heterocycles. The third kappa shape index (κ3) is 3.27. The number of carbonyl (C=O) groups excluding carboxylic acids is 1. The Morgan fingerprint density at radius 2 is 1.43 bits per heavy atom. The fourth-order valence-corrected chi connectivity index (χ4v) is 0.716. The smallest absolute Gasteiger partial charge is 0.217 e. The van der Waals surface area contributed by atoms with Crippen LogP contribution in [0.4, 0.5) is 0 Å². The number of hydrogen-bond donors (Lipinski definition) is 6. The van der Waals surface area contributed by atoms with Crippen molar-refractivity contribution >= 4 is 6.29 Å². The fourth-order valence-electron chi connectivity index (χ4n) is 0.716. The highest BCUT2D eigenvalue weighted by molar-refractivity contribution is 5.56. The SMILES string of the molecule is O=C[C@H](O)[C@@H](O)[C@@H](O)[C@H](O)C(O)OO. The van der Waals surface area contributed by atoms with Crippen LogP contribution in [0.1, 0.15) is 0 Å². The van der Waals surface area contributed by atoms with Crippen molar-refractivity contribution in [1.82, 2.24) is 0 Å². The van der Waals surface area contributed by atoms with E-state index in [1.807, 2.05) is 0 Å². The predicted molar refractivity (Wildman–Crippen MR) is 39.8 cm³/mol. The third-order valence-corrected chi connectivity index (χ3v) is 1.59. The van der Waals surface area contributed by atoms with Crippen LogP contribution in [0.25, 0.3) is 0 Å². The van der Waals surface area contributed by atoms with Gasteiger partial charge in [-0.2, -0.15) is 0 Å². The quantitative estimate of drug-likeness (QED) is 0.115. The van der Waals surface area contributed by atoms with Gasteiger partial charge in [0, 0.05) is 0 Å². The van der Waals surface area contributed by atoms with E-state index < -0.39 is 30.7 Å². The molecule has 0 radical (unpaired) electrons. The van der Waals surface area contributed by atoms with Crippen molar-refractivity contribution < 1.29 is 40.5 Å². The largest absolute Gasteiger partial charge is 0.387 e. The minimum atomic E-state index is -2.15. The zero-order chi connectivity index (χ0) is 11.3. The standard InChI is InChI=1S/C6H12O8/c7-1-2(8)3(9)4(10)5(11)6(12)14-13/h1-6,8-13H/t2-,3+,4+,5-,6?/m0/s1. The maximum atomic E-state index is 9.97. The topological polar surface area (TPSA) is 148 Å². The average molecular weight is 212 g/mol. The van der Waals surface area contributed by atoms with E-state index in [1.54, 1.807) is 0 Å². The second-order valence-corrected chi connectivity index (χ2v) is 2.59. The van der Waals surface area contributed by atoms with Crippen LogP contribution in [0, 0.1) is 0 Å². The Morgan fingerprint density at radius 1 is 0.929 bits per heavy atom. The first kappa shape index (κ1) is 13.4. The van der Waals surface area contributed by atoms with Gasteiger partial charge in [0.2, 0.25) is 6.29 Å². The average Bonchev–Trinajstić information content (AvgIpc) is 2.23. The fraction of sp³-hybridized carbons (Fsp3) is 0.833. The molecule has 0 heterocycles. The molecule has 1 unspecified atom stereocenters. The molecular formula is C6H12O8. The van der Waals surface area contributed by atoms with E-state index in [9.17, 15) is 4.79 Å². The van der Waals surface area contributed by atoms with E-state index in [-0.39, 0.29) is 6.29 Å². The molecule has 0 aromatic carbocycles. The molecule has 5 atom stereocenters. The van der Waals surface area contributed by atoms with Crippen LogP contribution in [0.5, 0.6) is 0 Å². The Hall–Kier alpha value is -0.610. The van der Waals surface area contributed by atoms with E-state index in [1.165, 1.54) is 0 Å². The highest BCUT2D eigenvalue weighted by Gasteiger charge is 2.34. The third-order valence-electron chi connectivity index (χ3n) is 1.59. The Morgan fingerprint density at radius 3 is 1.79 bits per heavy atom. The van der Waals surface area contributed by atoms with Gasteiger partial charge in [0.05, 0.1) is 0 Å². The summed E-state index contributed by atoms with van der Waals surface area (Å²) >= 11 is 0. The minimum Gasteiger partial charge on any atom is -0.387 e. The van der Waals surface area contributed by atoms with Gasteiger partial charge in [0.15, 0.2) is 6.29 Å². The normalized spacial score (nSPS) is 22.1. The number of carbonyl (C=O) groups is 1. The summed E-state index contributed by atoms with van der Waals surface area (Å²) in [6, 6.07) is 0. The van der Waals surface area contributed by atoms with Gasteiger partial charge in [-0.1, -0.05) is 0 Å². The van der Waals surface area contributed by atoms with Crippen molar-refractivity contribution in [3.63, 3.8) is 0 Å². The molecule has 0 amide bonds. The summed E-state index contributed by atoms with van der Waals surface area (Å²) in [6.07, 6.45) is -10.2. The van der Waals surface area contributed by atoms with Crippen LogP contribution < -0.4 is 0 Å². The van der Waals surface area contributed by atoms with Gasteiger partial charge in [0.25, 0.3) is 0 Å². The van der Waals surface area contributed by atoms with E-state index in [0.717, 1.165) is 0 Å². The highest BCUT2D eigenvalue weighted by atomic mass is 17.1. The minimum absolute atomic E-state index is 0.0627. The highest BCUT2D eigenvalue weighted by Crippen LogP contribution is 2.07. The molecule has 0 rings (SSSR count). The van der Waals surface area contributed by atoms with Gasteiger partial charge in [0.1, 0.15) is 24.4 Å². The summed E-state index contributed by atoms with van der Waals surface area (Å²) in [5, 5.41) is 52.2. The molecular weight excluding hydrogens is 200 g/mol. The molecule has 6 N–H and O–H groups in total. The summed E-state index contributed by atoms with van der Waals surface area (Å²) in [5.74, 6) is 0. The van der Waals surface area contributed by atoms with Crippen molar-refractivity contribution in [3.8, 4) is 0 Å². The van der Waals surface area contributed by atoms with E-state index in [2.05, 4.69) is 4.89 Å². The van der Waals surface area contributed by atoms with Crippen LogP contribution in [0.15, 0.2) is 0 Å². The lowest BCUT2D eigenvalue weighted by atomic mass is 10.0. The molecule has 0 saturated carbocycles. The molecule has 0 aromatic heterocycles. The lowest BCUT2D eigenvalue weighted by Gasteiger charge is -2.25. The van der Waals surface area contributed by atoms with Crippen LogP contribution >= 0.6 is 0 Å². The lowest BCUT2D eigenvalue weighted by molar-refractivity contribution is -0.363. The molecule has 0 bridgehead atoms. The van der Waals surface area contributed by atoms with Gasteiger partial charge >= 0.3 is 0 Å². The van der Waals surface area contributed by atoms with Crippen molar-refractivity contribution in [2.24, 2.45) is 0 Å². The van der Waals surface area contributed by atoms with Crippen LogP contribution in [0.2, 0.25) is 0 Å². The van der Waals surface area contributed by atoms with Gasteiger partial charge in [-0.25, -0.2) is 10.1 Å². The summed E-state index contributed by atoms with van der Waals surface area (Å²) < 4.78 is 0. The second-order valence-electron chi connectivity index (χ2n) is 2.59.